The number of nitrogens with zero attached hydrogens (tertiary/aromatic N) is 1. The van der Waals surface area contributed by atoms with E-state index in [9.17, 15) is 14.7 Å². The van der Waals surface area contributed by atoms with Crippen LogP contribution in [0.2, 0.25) is 0 Å². The smallest absolute Gasteiger partial charge is 0.339 e. The van der Waals surface area contributed by atoms with E-state index in [1.165, 1.54) is 6.20 Å². The molecule has 148 valence electrons. The number of carboxylic acid groups (broad SMARTS) is 1. The summed E-state index contributed by atoms with van der Waals surface area (Å²) in [6.45, 7) is 0. The zero-order valence-electron chi connectivity index (χ0n) is 16.0. The minimum atomic E-state index is -1.11. The summed E-state index contributed by atoms with van der Waals surface area (Å²) in [6, 6.07) is 14.9. The lowest BCUT2D eigenvalue weighted by molar-refractivity contribution is -0.116. The Bertz CT molecular complexity index is 1090. The lowest BCUT2D eigenvalue weighted by atomic mass is 9.88. The number of rotatable bonds is 5. The Balaban J connectivity index is 1.99. The number of aromatic carboxylic acids is 1. The van der Waals surface area contributed by atoms with Gasteiger partial charge in [0.25, 0.3) is 0 Å². The van der Waals surface area contributed by atoms with Gasteiger partial charge in [-0.3, -0.25) is 4.79 Å². The fraction of sp³-hybridized carbons (Fsp3) is 0.182. The fourth-order valence-corrected chi connectivity index (χ4v) is 3.77. The zero-order valence-corrected chi connectivity index (χ0v) is 16.0. The molecule has 3 aromatic rings. The predicted octanol–water partition coefficient (Wildman–Crippen LogP) is 3.67. The van der Waals surface area contributed by atoms with Gasteiger partial charge in [-0.25, -0.2) is 4.79 Å². The van der Waals surface area contributed by atoms with Crippen LogP contribution in [0.5, 0.6) is 11.5 Å². The lowest BCUT2D eigenvalue weighted by Crippen LogP contribution is -2.25. The number of aromatic nitrogens is 1. The van der Waals surface area contributed by atoms with Crippen LogP contribution in [0.4, 0.5) is 5.69 Å². The first-order valence-corrected chi connectivity index (χ1v) is 9.09. The average Bonchev–Trinajstić information content (AvgIpc) is 3.12. The molecule has 0 unspecified atom stereocenters. The molecule has 2 heterocycles. The van der Waals surface area contributed by atoms with Gasteiger partial charge in [-0.2, -0.15) is 0 Å². The molecule has 7 heteroatoms. The maximum absolute atomic E-state index is 12.4. The molecule has 0 bridgehead atoms. The Hall–Kier alpha value is -3.74. The molecule has 0 radical (unpaired) electrons. The van der Waals surface area contributed by atoms with Crippen molar-refractivity contribution in [3.05, 3.63) is 71.5 Å². The zero-order chi connectivity index (χ0) is 20.5. The third-order valence-corrected chi connectivity index (χ3v) is 5.11. The molecule has 7 nitrogen and oxygen atoms in total. The summed E-state index contributed by atoms with van der Waals surface area (Å²) in [7, 11) is 3.11. The first kappa shape index (κ1) is 18.6. The first-order chi connectivity index (χ1) is 14.0. The standard InChI is InChI=1S/C22H20N2O5/c1-28-14-8-9-17(18(10-14)29-2)24-12-16(22(26)27)20-21(24)15(11-19(25)23-20)13-6-4-3-5-7-13/h3-10,12,15H,11H2,1-2H3,(H,23,25)(H,26,27)/t15-/m1/s1. The molecule has 0 aliphatic carbocycles. The van der Waals surface area contributed by atoms with E-state index < -0.39 is 5.97 Å². The number of ether oxygens (including phenoxy) is 2. The van der Waals surface area contributed by atoms with Gasteiger partial charge < -0.3 is 24.5 Å². The van der Waals surface area contributed by atoms with Crippen LogP contribution in [-0.4, -0.2) is 35.8 Å². The number of hydrogen-bond donors (Lipinski definition) is 2. The van der Waals surface area contributed by atoms with Crippen molar-refractivity contribution in [3.8, 4) is 17.2 Å². The molecule has 1 atom stereocenters. The summed E-state index contributed by atoms with van der Waals surface area (Å²) in [4.78, 5) is 24.3. The largest absolute Gasteiger partial charge is 0.497 e. The van der Waals surface area contributed by atoms with E-state index in [1.54, 1.807) is 30.9 Å². The summed E-state index contributed by atoms with van der Waals surface area (Å²) < 4.78 is 12.6. The van der Waals surface area contributed by atoms with Crippen LogP contribution in [-0.2, 0) is 4.79 Å². The molecule has 0 fully saturated rings. The van der Waals surface area contributed by atoms with Crippen LogP contribution in [0, 0.1) is 0 Å². The van der Waals surface area contributed by atoms with Gasteiger partial charge in [-0.15, -0.1) is 0 Å². The number of nitrogens with one attached hydrogen (secondary N) is 1. The van der Waals surface area contributed by atoms with Gasteiger partial charge in [0.15, 0.2) is 0 Å². The van der Waals surface area contributed by atoms with Crippen molar-refractivity contribution in [2.45, 2.75) is 12.3 Å². The van der Waals surface area contributed by atoms with Crippen molar-refractivity contribution >= 4 is 17.6 Å². The normalized spacial score (nSPS) is 15.4. The highest BCUT2D eigenvalue weighted by Gasteiger charge is 2.34. The fourth-order valence-electron chi connectivity index (χ4n) is 3.77. The van der Waals surface area contributed by atoms with E-state index in [1.807, 2.05) is 36.4 Å². The van der Waals surface area contributed by atoms with Crippen LogP contribution in [0.1, 0.15) is 34.0 Å². The molecular weight excluding hydrogens is 372 g/mol. The maximum atomic E-state index is 12.4. The highest BCUT2D eigenvalue weighted by atomic mass is 16.5. The van der Waals surface area contributed by atoms with Gasteiger partial charge in [-0.1, -0.05) is 30.3 Å². The number of benzene rings is 2. The molecule has 0 saturated heterocycles. The van der Waals surface area contributed by atoms with Gasteiger partial charge in [0.2, 0.25) is 5.91 Å². The molecule has 2 aromatic carbocycles. The van der Waals surface area contributed by atoms with E-state index in [2.05, 4.69) is 5.32 Å². The summed E-state index contributed by atoms with van der Waals surface area (Å²) in [5.74, 6) is -0.463. The van der Waals surface area contributed by atoms with E-state index in [-0.39, 0.29) is 23.8 Å². The van der Waals surface area contributed by atoms with Crippen molar-refractivity contribution in [1.29, 1.82) is 0 Å². The molecule has 0 spiro atoms. The number of fused-ring (bicyclic) bond motifs is 1. The average molecular weight is 392 g/mol. The summed E-state index contributed by atoms with van der Waals surface area (Å²) in [5.41, 5.74) is 2.66. The van der Waals surface area contributed by atoms with Crippen molar-refractivity contribution in [3.63, 3.8) is 0 Å². The van der Waals surface area contributed by atoms with Crippen LogP contribution in [0.15, 0.2) is 54.7 Å². The first-order valence-electron chi connectivity index (χ1n) is 9.09. The van der Waals surface area contributed by atoms with Crippen molar-refractivity contribution in [1.82, 2.24) is 4.57 Å². The van der Waals surface area contributed by atoms with Crippen LogP contribution < -0.4 is 14.8 Å². The third-order valence-electron chi connectivity index (χ3n) is 5.11. The second-order valence-corrected chi connectivity index (χ2v) is 6.73. The minimum absolute atomic E-state index is 0.0341. The second-order valence-electron chi connectivity index (χ2n) is 6.73. The monoisotopic (exact) mass is 392 g/mol. The molecule has 1 aliphatic heterocycles. The number of carbonyl (C=O) groups is 2. The number of carbonyl (C=O) groups excluding carboxylic acids is 1. The Morgan fingerprint density at radius 3 is 2.55 bits per heavy atom. The van der Waals surface area contributed by atoms with E-state index >= 15 is 0 Å². The van der Waals surface area contributed by atoms with Gasteiger partial charge >= 0.3 is 5.97 Å². The van der Waals surface area contributed by atoms with Crippen LogP contribution in [0.3, 0.4) is 0 Å². The molecule has 1 amide bonds. The third kappa shape index (κ3) is 3.20. The second kappa shape index (κ2) is 7.35. The predicted molar refractivity (Wildman–Crippen MR) is 107 cm³/mol. The number of amides is 1. The van der Waals surface area contributed by atoms with Gasteiger partial charge in [-0.05, 0) is 17.7 Å². The quantitative estimate of drug-likeness (QED) is 0.692. The van der Waals surface area contributed by atoms with E-state index in [4.69, 9.17) is 9.47 Å². The lowest BCUT2D eigenvalue weighted by Gasteiger charge is -2.26. The molecule has 1 aromatic heterocycles. The number of methoxy groups -OCH3 is 2. The molecular formula is C22H20N2O5. The van der Waals surface area contributed by atoms with Gasteiger partial charge in [0, 0.05) is 24.6 Å². The Kier molecular flexibility index (Phi) is 4.72. The molecule has 1 aliphatic rings. The Morgan fingerprint density at radius 1 is 1.14 bits per heavy atom. The molecule has 29 heavy (non-hydrogen) atoms. The number of anilines is 1. The Labute approximate surface area is 167 Å². The van der Waals surface area contributed by atoms with Crippen molar-refractivity contribution < 1.29 is 24.2 Å². The van der Waals surface area contributed by atoms with E-state index in [0.29, 0.717) is 28.6 Å². The molecule has 0 saturated carbocycles. The van der Waals surface area contributed by atoms with Crippen LogP contribution >= 0.6 is 0 Å². The van der Waals surface area contributed by atoms with Crippen molar-refractivity contribution in [2.75, 3.05) is 19.5 Å². The van der Waals surface area contributed by atoms with E-state index in [0.717, 1.165) is 5.56 Å². The summed E-state index contributed by atoms with van der Waals surface area (Å²) >= 11 is 0. The van der Waals surface area contributed by atoms with Crippen LogP contribution in [0.25, 0.3) is 5.69 Å². The highest BCUT2D eigenvalue weighted by Crippen LogP contribution is 2.43. The summed E-state index contributed by atoms with van der Waals surface area (Å²) in [6.07, 6.45) is 1.75. The van der Waals surface area contributed by atoms with Gasteiger partial charge in [0.1, 0.15) is 17.1 Å². The Morgan fingerprint density at radius 2 is 1.90 bits per heavy atom. The maximum Gasteiger partial charge on any atom is 0.339 e. The highest BCUT2D eigenvalue weighted by molar-refractivity contribution is 6.04. The molecule has 4 rings (SSSR count). The van der Waals surface area contributed by atoms with Crippen molar-refractivity contribution in [2.24, 2.45) is 0 Å². The molecule has 2 N–H and O–H groups in total. The topological polar surface area (TPSA) is 89.8 Å². The number of carboxylic acids is 1. The summed E-state index contributed by atoms with van der Waals surface area (Å²) in [5, 5.41) is 12.5. The minimum Gasteiger partial charge on any atom is -0.497 e. The number of hydrogen-bond acceptors (Lipinski definition) is 4. The van der Waals surface area contributed by atoms with Gasteiger partial charge in [0.05, 0.1) is 31.3 Å². The SMILES string of the molecule is COc1ccc(-n2cc(C(=O)O)c3c2[C@@H](c2ccccc2)CC(=O)N3)c(OC)c1.